The van der Waals surface area contributed by atoms with E-state index in [2.05, 4.69) is 10.1 Å². The van der Waals surface area contributed by atoms with Crippen molar-refractivity contribution in [2.75, 3.05) is 25.6 Å². The number of hydrogen-bond donors (Lipinski definition) is 1. The van der Waals surface area contributed by atoms with Crippen LogP contribution in [-0.2, 0) is 14.3 Å². The zero-order valence-corrected chi connectivity index (χ0v) is 18.7. The number of anilines is 1. The Balaban J connectivity index is 2.00. The van der Waals surface area contributed by atoms with Crippen molar-refractivity contribution in [3.8, 4) is 5.75 Å². The van der Waals surface area contributed by atoms with Crippen LogP contribution in [0.25, 0.3) is 0 Å². The van der Waals surface area contributed by atoms with Gasteiger partial charge < -0.3 is 19.7 Å². The molecule has 0 aliphatic heterocycles. The van der Waals surface area contributed by atoms with Gasteiger partial charge in [-0.3, -0.25) is 9.59 Å². The number of carbonyl (C=O) groups excluding carboxylic acids is 3. The molecule has 0 unspecified atom stereocenters. The molecule has 0 saturated carbocycles. The standard InChI is InChI=1S/C24H30N2O5/c1-6-17(3)26(14-22(27)25-21-9-7-8-16(2)18(21)4)23(28)15-31-20-12-10-19(11-13-20)24(29)30-5/h7-13,17H,6,14-15H2,1-5H3,(H,25,27)/t17-/m0/s1. The van der Waals surface area contributed by atoms with E-state index in [0.717, 1.165) is 16.8 Å². The summed E-state index contributed by atoms with van der Waals surface area (Å²) in [7, 11) is 1.31. The molecule has 0 aliphatic carbocycles. The van der Waals surface area contributed by atoms with Gasteiger partial charge in [-0.2, -0.15) is 0 Å². The molecule has 2 aromatic carbocycles. The Morgan fingerprint density at radius 1 is 1.06 bits per heavy atom. The third-order valence-corrected chi connectivity index (χ3v) is 5.27. The van der Waals surface area contributed by atoms with E-state index in [4.69, 9.17) is 4.74 Å². The highest BCUT2D eigenvalue weighted by molar-refractivity contribution is 5.95. The van der Waals surface area contributed by atoms with Crippen molar-refractivity contribution in [2.24, 2.45) is 0 Å². The Kier molecular flexibility index (Phi) is 8.61. The number of rotatable bonds is 9. The van der Waals surface area contributed by atoms with Gasteiger partial charge in [0.1, 0.15) is 12.3 Å². The maximum atomic E-state index is 12.8. The lowest BCUT2D eigenvalue weighted by atomic mass is 10.1. The van der Waals surface area contributed by atoms with Gasteiger partial charge in [-0.15, -0.1) is 0 Å². The highest BCUT2D eigenvalue weighted by atomic mass is 16.5. The number of nitrogens with one attached hydrogen (secondary N) is 1. The van der Waals surface area contributed by atoms with Crippen molar-refractivity contribution in [3.63, 3.8) is 0 Å². The van der Waals surface area contributed by atoms with E-state index < -0.39 is 5.97 Å². The number of aryl methyl sites for hydroxylation is 1. The zero-order chi connectivity index (χ0) is 23.0. The predicted molar refractivity (Wildman–Crippen MR) is 119 cm³/mol. The molecule has 2 aromatic rings. The van der Waals surface area contributed by atoms with Crippen LogP contribution in [0.4, 0.5) is 5.69 Å². The van der Waals surface area contributed by atoms with Crippen molar-refractivity contribution < 1.29 is 23.9 Å². The van der Waals surface area contributed by atoms with E-state index >= 15 is 0 Å². The van der Waals surface area contributed by atoms with Crippen molar-refractivity contribution in [1.82, 2.24) is 4.90 Å². The van der Waals surface area contributed by atoms with Crippen LogP contribution in [0.15, 0.2) is 42.5 Å². The molecule has 0 aliphatic rings. The first kappa shape index (κ1) is 23.9. The molecule has 0 radical (unpaired) electrons. The first-order valence-electron chi connectivity index (χ1n) is 10.2. The summed E-state index contributed by atoms with van der Waals surface area (Å²) >= 11 is 0. The second-order valence-electron chi connectivity index (χ2n) is 7.38. The van der Waals surface area contributed by atoms with Gasteiger partial charge in [-0.05, 0) is 68.7 Å². The molecule has 166 valence electrons. The zero-order valence-electron chi connectivity index (χ0n) is 18.7. The summed E-state index contributed by atoms with van der Waals surface area (Å²) in [5.41, 5.74) is 3.21. The third kappa shape index (κ3) is 6.57. The van der Waals surface area contributed by atoms with Gasteiger partial charge in [0, 0.05) is 11.7 Å². The molecule has 2 rings (SSSR count). The van der Waals surface area contributed by atoms with Crippen LogP contribution in [-0.4, -0.2) is 49.0 Å². The molecular formula is C24H30N2O5. The third-order valence-electron chi connectivity index (χ3n) is 5.27. The summed E-state index contributed by atoms with van der Waals surface area (Å²) in [4.78, 5) is 38.4. The van der Waals surface area contributed by atoms with E-state index in [1.807, 2.05) is 45.9 Å². The topological polar surface area (TPSA) is 84.9 Å². The molecule has 1 atom stereocenters. The van der Waals surface area contributed by atoms with Crippen LogP contribution in [0.5, 0.6) is 5.75 Å². The lowest BCUT2D eigenvalue weighted by Gasteiger charge is -2.28. The summed E-state index contributed by atoms with van der Waals surface area (Å²) in [6.07, 6.45) is 0.705. The number of esters is 1. The Labute approximate surface area is 183 Å². The van der Waals surface area contributed by atoms with Gasteiger partial charge in [-0.25, -0.2) is 4.79 Å². The molecule has 0 spiro atoms. The highest BCUT2D eigenvalue weighted by Gasteiger charge is 2.22. The normalized spacial score (nSPS) is 11.4. The second kappa shape index (κ2) is 11.2. The monoisotopic (exact) mass is 426 g/mol. The fourth-order valence-electron chi connectivity index (χ4n) is 2.97. The Morgan fingerprint density at radius 2 is 1.74 bits per heavy atom. The lowest BCUT2D eigenvalue weighted by molar-refractivity contribution is -0.138. The number of carbonyl (C=O) groups is 3. The van der Waals surface area contributed by atoms with E-state index in [1.165, 1.54) is 12.0 Å². The Bertz CT molecular complexity index is 924. The molecule has 0 saturated heterocycles. The maximum Gasteiger partial charge on any atom is 0.337 e. The molecule has 2 amide bonds. The molecular weight excluding hydrogens is 396 g/mol. The minimum Gasteiger partial charge on any atom is -0.484 e. The molecule has 7 heteroatoms. The summed E-state index contributed by atoms with van der Waals surface area (Å²) in [5.74, 6) is -0.544. The van der Waals surface area contributed by atoms with Crippen LogP contribution < -0.4 is 10.1 Å². The summed E-state index contributed by atoms with van der Waals surface area (Å²) in [6.45, 7) is 7.51. The molecule has 0 heterocycles. The molecule has 31 heavy (non-hydrogen) atoms. The van der Waals surface area contributed by atoms with Gasteiger partial charge in [0.25, 0.3) is 5.91 Å². The summed E-state index contributed by atoms with van der Waals surface area (Å²) in [5, 5.41) is 2.89. The van der Waals surface area contributed by atoms with Gasteiger partial charge in [0.2, 0.25) is 5.91 Å². The number of ether oxygens (including phenoxy) is 2. The Morgan fingerprint density at radius 3 is 2.35 bits per heavy atom. The van der Waals surface area contributed by atoms with Gasteiger partial charge in [-0.1, -0.05) is 19.1 Å². The SMILES string of the molecule is CC[C@H](C)N(CC(=O)Nc1cccc(C)c1C)C(=O)COc1ccc(C(=O)OC)cc1. The predicted octanol–water partition coefficient (Wildman–Crippen LogP) is 3.73. The number of hydrogen-bond acceptors (Lipinski definition) is 5. The first-order valence-corrected chi connectivity index (χ1v) is 10.2. The van der Waals surface area contributed by atoms with Crippen LogP contribution in [0, 0.1) is 13.8 Å². The lowest BCUT2D eigenvalue weighted by Crippen LogP contribution is -2.45. The van der Waals surface area contributed by atoms with Crippen LogP contribution in [0.3, 0.4) is 0 Å². The quantitative estimate of drug-likeness (QED) is 0.618. The highest BCUT2D eigenvalue weighted by Crippen LogP contribution is 2.18. The molecule has 7 nitrogen and oxygen atoms in total. The summed E-state index contributed by atoms with van der Waals surface area (Å²) in [6, 6.07) is 11.9. The van der Waals surface area contributed by atoms with E-state index in [-0.39, 0.29) is 31.0 Å². The van der Waals surface area contributed by atoms with Crippen LogP contribution in [0.1, 0.15) is 41.8 Å². The molecule has 0 bridgehead atoms. The summed E-state index contributed by atoms with van der Waals surface area (Å²) < 4.78 is 10.2. The van der Waals surface area contributed by atoms with E-state index in [9.17, 15) is 14.4 Å². The minimum atomic E-state index is -0.444. The van der Waals surface area contributed by atoms with E-state index in [0.29, 0.717) is 17.7 Å². The molecule has 0 fully saturated rings. The van der Waals surface area contributed by atoms with E-state index in [1.54, 1.807) is 24.3 Å². The van der Waals surface area contributed by atoms with Crippen molar-refractivity contribution in [3.05, 3.63) is 59.2 Å². The second-order valence-corrected chi connectivity index (χ2v) is 7.38. The number of benzene rings is 2. The van der Waals surface area contributed by atoms with Crippen molar-refractivity contribution >= 4 is 23.5 Å². The maximum absolute atomic E-state index is 12.8. The van der Waals surface area contributed by atoms with Crippen molar-refractivity contribution in [2.45, 2.75) is 40.2 Å². The fourth-order valence-corrected chi connectivity index (χ4v) is 2.97. The average molecular weight is 427 g/mol. The van der Waals surface area contributed by atoms with Crippen molar-refractivity contribution in [1.29, 1.82) is 0 Å². The average Bonchev–Trinajstić information content (AvgIpc) is 2.78. The molecule has 0 aromatic heterocycles. The van der Waals surface area contributed by atoms with Gasteiger partial charge >= 0.3 is 5.97 Å². The number of amides is 2. The number of nitrogens with zero attached hydrogens (tertiary/aromatic N) is 1. The Hall–Kier alpha value is -3.35. The van der Waals surface area contributed by atoms with Crippen LogP contribution >= 0.6 is 0 Å². The largest absolute Gasteiger partial charge is 0.484 e. The fraction of sp³-hybridized carbons (Fsp3) is 0.375. The minimum absolute atomic E-state index is 0.0636. The van der Waals surface area contributed by atoms with Gasteiger partial charge in [0.15, 0.2) is 6.61 Å². The van der Waals surface area contributed by atoms with Gasteiger partial charge in [0.05, 0.1) is 12.7 Å². The molecule has 1 N–H and O–H groups in total. The van der Waals surface area contributed by atoms with Crippen LogP contribution in [0.2, 0.25) is 0 Å². The first-order chi connectivity index (χ1) is 14.8. The number of methoxy groups -OCH3 is 1. The smallest absolute Gasteiger partial charge is 0.337 e.